The topological polar surface area (TPSA) is 89.8 Å². The number of imidazole rings is 1. The second-order valence-electron chi connectivity index (χ2n) is 9.48. The van der Waals surface area contributed by atoms with E-state index in [1.54, 1.807) is 11.1 Å². The first-order valence-electron chi connectivity index (χ1n) is 11.8. The van der Waals surface area contributed by atoms with Crippen molar-refractivity contribution >= 4 is 28.3 Å². The third-order valence-corrected chi connectivity index (χ3v) is 7.18. The number of benzene rings is 1. The van der Waals surface area contributed by atoms with E-state index in [2.05, 4.69) is 9.97 Å². The van der Waals surface area contributed by atoms with Crippen LogP contribution in [0.3, 0.4) is 0 Å². The number of β-amino-alcohol motifs (C(OH)–C–C–N with tert-alkyl or cyclic N) is 1. The van der Waals surface area contributed by atoms with Crippen molar-refractivity contribution in [2.24, 2.45) is 0 Å². The summed E-state index contributed by atoms with van der Waals surface area (Å²) in [6.07, 6.45) is 3.09. The molecule has 1 amide bonds. The Morgan fingerprint density at radius 2 is 1.89 bits per heavy atom. The minimum atomic E-state index is -2.58. The molecule has 3 aromatic heterocycles. The normalized spacial score (nSPS) is 22.4. The zero-order chi connectivity index (χ0) is 24.3. The summed E-state index contributed by atoms with van der Waals surface area (Å²) in [5.41, 5.74) is 4.82. The van der Waals surface area contributed by atoms with Gasteiger partial charge in [0.2, 0.25) is 5.91 Å². The Balaban J connectivity index is 1.43. The lowest BCUT2D eigenvalue weighted by atomic mass is 10.1. The number of alkyl halides is 2. The quantitative estimate of drug-likeness (QED) is 0.466. The van der Waals surface area contributed by atoms with E-state index in [0.717, 1.165) is 28.0 Å². The molecule has 5 heterocycles. The Labute approximate surface area is 200 Å². The predicted molar refractivity (Wildman–Crippen MR) is 127 cm³/mol. The molecule has 2 fully saturated rings. The van der Waals surface area contributed by atoms with Crippen LogP contribution in [0.1, 0.15) is 38.1 Å². The highest BCUT2D eigenvalue weighted by Crippen LogP contribution is 2.37. The van der Waals surface area contributed by atoms with E-state index in [0.29, 0.717) is 31.0 Å². The number of aromatic nitrogens is 4. The molecule has 0 aliphatic carbocycles. The number of hydrogen-bond donors (Lipinski definition) is 2. The standard InChI is InChI=1S/C25H26F2N6O2/c1-15(34)32-14-18(35)12-20(32)24-30-22(21-13-29-23-19(33(21)24)6-9-28-23)16-2-4-17(5-3-16)31-10-7-25(26,27)8-11-31/h2-6,9,13,18,20,28,35H,7-8,10-12,14H2,1H3/t18-,20-/m1/s1. The Hall–Kier alpha value is -3.53. The summed E-state index contributed by atoms with van der Waals surface area (Å²) in [5, 5.41) is 10.3. The highest BCUT2D eigenvalue weighted by atomic mass is 19.3. The van der Waals surface area contributed by atoms with E-state index >= 15 is 0 Å². The van der Waals surface area contributed by atoms with Gasteiger partial charge in [-0.15, -0.1) is 0 Å². The van der Waals surface area contributed by atoms with Crippen molar-refractivity contribution in [2.45, 2.75) is 44.3 Å². The van der Waals surface area contributed by atoms with Crippen LogP contribution in [0.25, 0.3) is 27.9 Å². The van der Waals surface area contributed by atoms with E-state index in [-0.39, 0.29) is 31.3 Å². The Kier molecular flexibility index (Phi) is 5.03. The highest BCUT2D eigenvalue weighted by Gasteiger charge is 2.37. The molecule has 10 heteroatoms. The van der Waals surface area contributed by atoms with E-state index < -0.39 is 12.0 Å². The lowest BCUT2D eigenvalue weighted by molar-refractivity contribution is -0.130. The Morgan fingerprint density at radius 3 is 2.60 bits per heavy atom. The number of fused-ring (bicyclic) bond motifs is 3. The molecular weight excluding hydrogens is 454 g/mol. The van der Waals surface area contributed by atoms with Crippen molar-refractivity contribution in [1.29, 1.82) is 0 Å². The Morgan fingerprint density at radius 1 is 1.14 bits per heavy atom. The van der Waals surface area contributed by atoms with Crippen molar-refractivity contribution in [3.05, 3.63) is 48.5 Å². The number of aromatic amines is 1. The van der Waals surface area contributed by atoms with Gasteiger partial charge in [-0.3, -0.25) is 9.20 Å². The van der Waals surface area contributed by atoms with E-state index in [9.17, 15) is 18.7 Å². The van der Waals surface area contributed by atoms with Crippen LogP contribution in [0.15, 0.2) is 42.7 Å². The number of aliphatic hydroxyl groups is 1. The summed E-state index contributed by atoms with van der Waals surface area (Å²) < 4.78 is 29.1. The molecule has 0 unspecified atom stereocenters. The van der Waals surface area contributed by atoms with Crippen LogP contribution in [-0.2, 0) is 4.79 Å². The van der Waals surface area contributed by atoms with Crippen LogP contribution in [0, 0.1) is 0 Å². The molecule has 4 aromatic rings. The number of halogens is 2. The lowest BCUT2D eigenvalue weighted by Gasteiger charge is -2.33. The molecule has 2 N–H and O–H groups in total. The van der Waals surface area contributed by atoms with Crippen LogP contribution in [0.2, 0.25) is 0 Å². The highest BCUT2D eigenvalue weighted by molar-refractivity contribution is 5.85. The van der Waals surface area contributed by atoms with Crippen LogP contribution in [0.4, 0.5) is 14.5 Å². The number of aliphatic hydroxyl groups excluding tert-OH is 1. The van der Waals surface area contributed by atoms with Gasteiger partial charge in [0.1, 0.15) is 5.82 Å². The number of anilines is 1. The predicted octanol–water partition coefficient (Wildman–Crippen LogP) is 3.77. The van der Waals surface area contributed by atoms with Crippen molar-refractivity contribution in [3.8, 4) is 11.3 Å². The van der Waals surface area contributed by atoms with Gasteiger partial charge >= 0.3 is 0 Å². The number of nitrogens with zero attached hydrogens (tertiary/aromatic N) is 5. The number of H-pyrrole nitrogens is 1. The van der Waals surface area contributed by atoms with Crippen molar-refractivity contribution in [3.63, 3.8) is 0 Å². The first-order chi connectivity index (χ1) is 16.8. The van der Waals surface area contributed by atoms with Crippen LogP contribution < -0.4 is 4.90 Å². The molecule has 0 spiro atoms. The molecule has 0 radical (unpaired) electrons. The molecule has 2 atom stereocenters. The Bertz CT molecular complexity index is 1400. The summed E-state index contributed by atoms with van der Waals surface area (Å²) in [7, 11) is 0. The SMILES string of the molecule is CC(=O)N1C[C@H](O)C[C@@H]1c1nc(-c2ccc(N3CCC(F)(F)CC3)cc2)c2cnc3[nH]ccc3n12. The molecule has 2 saturated heterocycles. The van der Waals surface area contributed by atoms with Gasteiger partial charge in [0.05, 0.1) is 35.1 Å². The maximum absolute atomic E-state index is 13.6. The van der Waals surface area contributed by atoms with Gasteiger partial charge in [0.25, 0.3) is 5.92 Å². The first kappa shape index (κ1) is 22.0. The minimum absolute atomic E-state index is 0.110. The molecule has 2 aliphatic rings. The van der Waals surface area contributed by atoms with E-state index in [1.165, 1.54) is 6.92 Å². The molecule has 2 aliphatic heterocycles. The summed E-state index contributed by atoms with van der Waals surface area (Å²) in [6.45, 7) is 2.42. The number of amides is 1. The van der Waals surface area contributed by atoms with Gasteiger partial charge < -0.3 is 19.9 Å². The second kappa shape index (κ2) is 8.01. The smallest absolute Gasteiger partial charge is 0.251 e. The summed E-state index contributed by atoms with van der Waals surface area (Å²) in [5.74, 6) is -2.02. The number of likely N-dealkylation sites (tertiary alicyclic amines) is 1. The van der Waals surface area contributed by atoms with Gasteiger partial charge in [0.15, 0.2) is 5.65 Å². The molecular formula is C25H26F2N6O2. The number of nitrogens with one attached hydrogen (secondary N) is 1. The lowest BCUT2D eigenvalue weighted by Crippen LogP contribution is -2.39. The fourth-order valence-corrected chi connectivity index (χ4v) is 5.35. The fraction of sp³-hybridized carbons (Fsp3) is 0.400. The zero-order valence-electron chi connectivity index (χ0n) is 19.3. The fourth-order valence-electron chi connectivity index (χ4n) is 5.35. The van der Waals surface area contributed by atoms with Crippen LogP contribution >= 0.6 is 0 Å². The molecule has 6 rings (SSSR count). The third-order valence-electron chi connectivity index (χ3n) is 7.18. The van der Waals surface area contributed by atoms with Gasteiger partial charge in [-0.1, -0.05) is 12.1 Å². The molecule has 0 bridgehead atoms. The van der Waals surface area contributed by atoms with Crippen molar-refractivity contribution < 1.29 is 18.7 Å². The molecule has 35 heavy (non-hydrogen) atoms. The largest absolute Gasteiger partial charge is 0.391 e. The average Bonchev–Trinajstić information content (AvgIpc) is 3.55. The second-order valence-corrected chi connectivity index (χ2v) is 9.48. The first-order valence-corrected chi connectivity index (χ1v) is 11.8. The number of piperidine rings is 1. The number of carbonyl (C=O) groups excluding carboxylic acids is 1. The number of hydrogen-bond acceptors (Lipinski definition) is 5. The number of rotatable bonds is 3. The van der Waals surface area contributed by atoms with Gasteiger partial charge in [-0.05, 0) is 18.2 Å². The molecule has 182 valence electrons. The average molecular weight is 481 g/mol. The van der Waals surface area contributed by atoms with Gasteiger partial charge in [-0.25, -0.2) is 18.7 Å². The van der Waals surface area contributed by atoms with E-state index in [1.807, 2.05) is 45.8 Å². The summed E-state index contributed by atoms with van der Waals surface area (Å²) in [4.78, 5) is 28.6. The van der Waals surface area contributed by atoms with Gasteiger partial charge in [0, 0.05) is 63.3 Å². The van der Waals surface area contributed by atoms with Crippen LogP contribution in [0.5, 0.6) is 0 Å². The van der Waals surface area contributed by atoms with Crippen molar-refractivity contribution in [1.82, 2.24) is 24.3 Å². The molecule has 8 nitrogen and oxygen atoms in total. The van der Waals surface area contributed by atoms with Crippen LogP contribution in [-0.4, -0.2) is 66.9 Å². The summed E-state index contributed by atoms with van der Waals surface area (Å²) >= 11 is 0. The summed E-state index contributed by atoms with van der Waals surface area (Å²) in [6, 6.07) is 9.32. The molecule has 0 saturated carbocycles. The maximum Gasteiger partial charge on any atom is 0.251 e. The van der Waals surface area contributed by atoms with E-state index in [4.69, 9.17) is 4.98 Å². The minimum Gasteiger partial charge on any atom is -0.391 e. The number of carbonyl (C=O) groups is 1. The van der Waals surface area contributed by atoms with Crippen molar-refractivity contribution in [2.75, 3.05) is 24.5 Å². The maximum atomic E-state index is 13.6. The van der Waals surface area contributed by atoms with Gasteiger partial charge in [-0.2, -0.15) is 0 Å². The monoisotopic (exact) mass is 480 g/mol. The molecule has 1 aromatic carbocycles. The third kappa shape index (κ3) is 3.72. The zero-order valence-corrected chi connectivity index (χ0v) is 19.3.